The average molecular weight is 206 g/mol. The number of rotatable bonds is 2. The molecule has 0 saturated carbocycles. The van der Waals surface area contributed by atoms with Gasteiger partial charge in [-0.05, 0) is 6.42 Å². The van der Waals surface area contributed by atoms with Gasteiger partial charge in [-0.3, -0.25) is 9.78 Å². The smallest absolute Gasteiger partial charge is 0.302 e. The topological polar surface area (TPSA) is 54.9 Å². The van der Waals surface area contributed by atoms with E-state index in [0.29, 0.717) is 5.56 Å². The fraction of sp³-hybridized carbons (Fsp3) is 0.455. The third-order valence-corrected chi connectivity index (χ3v) is 1.99. The zero-order valence-corrected chi connectivity index (χ0v) is 8.96. The van der Waals surface area contributed by atoms with Crippen LogP contribution in [0, 0.1) is 11.8 Å². The molecule has 0 fully saturated rings. The van der Waals surface area contributed by atoms with E-state index in [4.69, 9.17) is 0 Å². The second-order valence-corrected chi connectivity index (χ2v) is 3.32. The normalized spacial score (nSPS) is 9.47. The first-order valence-electron chi connectivity index (χ1n) is 4.94. The van der Waals surface area contributed by atoms with E-state index in [0.717, 1.165) is 19.3 Å². The summed E-state index contributed by atoms with van der Waals surface area (Å²) < 4.78 is 1.31. The first-order valence-corrected chi connectivity index (χ1v) is 4.94. The summed E-state index contributed by atoms with van der Waals surface area (Å²) >= 11 is 0. The fourth-order valence-corrected chi connectivity index (χ4v) is 1.08. The quantitative estimate of drug-likeness (QED) is 0.569. The number of H-pyrrole nitrogens is 1. The molecule has 1 rings (SSSR count). The van der Waals surface area contributed by atoms with Crippen molar-refractivity contribution in [3.05, 3.63) is 32.6 Å². The Bertz CT molecular complexity index is 500. The van der Waals surface area contributed by atoms with Crippen molar-refractivity contribution < 1.29 is 0 Å². The molecule has 1 heterocycles. The maximum Gasteiger partial charge on any atom is 0.328 e. The second kappa shape index (κ2) is 5.20. The van der Waals surface area contributed by atoms with Crippen LogP contribution in [0.25, 0.3) is 0 Å². The van der Waals surface area contributed by atoms with Crippen molar-refractivity contribution in [1.82, 2.24) is 9.55 Å². The molecular weight excluding hydrogens is 192 g/mol. The van der Waals surface area contributed by atoms with Crippen LogP contribution in [0.15, 0.2) is 15.8 Å². The summed E-state index contributed by atoms with van der Waals surface area (Å²) in [5.41, 5.74) is -0.491. The summed E-state index contributed by atoms with van der Waals surface area (Å²) in [4.78, 5) is 24.5. The molecule has 1 N–H and O–H groups in total. The molecule has 1 aromatic rings. The molecule has 0 aromatic carbocycles. The zero-order chi connectivity index (χ0) is 11.3. The zero-order valence-electron chi connectivity index (χ0n) is 8.96. The molecule has 0 amide bonds. The summed E-state index contributed by atoms with van der Waals surface area (Å²) in [5.74, 6) is 5.67. The summed E-state index contributed by atoms with van der Waals surface area (Å²) in [6, 6.07) is 0. The summed E-state index contributed by atoms with van der Waals surface area (Å²) in [7, 11) is 1.58. The molecule has 0 spiro atoms. The summed E-state index contributed by atoms with van der Waals surface area (Å²) in [6.45, 7) is 2.08. The van der Waals surface area contributed by atoms with E-state index >= 15 is 0 Å². The Morgan fingerprint density at radius 3 is 2.87 bits per heavy atom. The molecule has 80 valence electrons. The first-order chi connectivity index (χ1) is 7.15. The van der Waals surface area contributed by atoms with Crippen molar-refractivity contribution in [2.45, 2.75) is 26.2 Å². The maximum absolute atomic E-state index is 11.3. The molecule has 1 aromatic heterocycles. The van der Waals surface area contributed by atoms with Crippen molar-refractivity contribution in [1.29, 1.82) is 0 Å². The number of aryl methyl sites for hydroxylation is 1. The van der Waals surface area contributed by atoms with Gasteiger partial charge in [0.2, 0.25) is 0 Å². The molecule has 4 nitrogen and oxygen atoms in total. The standard InChI is InChI=1S/C11H14N2O2/c1-3-4-5-6-7-9-8-13(2)11(15)12-10(9)14/h8H,3-5H2,1-2H3,(H,12,14,15). The highest BCUT2D eigenvalue weighted by Gasteiger charge is 1.97. The lowest BCUT2D eigenvalue weighted by Crippen LogP contribution is -2.29. The van der Waals surface area contributed by atoms with E-state index in [9.17, 15) is 9.59 Å². The number of aromatic amines is 1. The number of unbranched alkanes of at least 4 members (excludes halogenated alkanes) is 2. The molecule has 4 heteroatoms. The van der Waals surface area contributed by atoms with Crippen molar-refractivity contribution >= 4 is 0 Å². The highest BCUT2D eigenvalue weighted by atomic mass is 16.2. The lowest BCUT2D eigenvalue weighted by atomic mass is 10.2. The van der Waals surface area contributed by atoms with Crippen LogP contribution < -0.4 is 11.2 Å². The minimum atomic E-state index is -0.417. The van der Waals surface area contributed by atoms with Crippen LogP contribution >= 0.6 is 0 Å². The van der Waals surface area contributed by atoms with Crippen molar-refractivity contribution in [3.8, 4) is 11.8 Å². The molecule has 0 aliphatic heterocycles. The Morgan fingerprint density at radius 2 is 2.20 bits per heavy atom. The third-order valence-electron chi connectivity index (χ3n) is 1.99. The number of nitrogens with one attached hydrogen (secondary N) is 1. The van der Waals surface area contributed by atoms with Crippen molar-refractivity contribution in [2.24, 2.45) is 7.05 Å². The van der Waals surface area contributed by atoms with Crippen LogP contribution in [0.4, 0.5) is 0 Å². The Balaban J connectivity index is 2.94. The molecule has 0 saturated heterocycles. The SMILES string of the molecule is CCCCC#Cc1cn(C)c(=O)[nH]c1=O. The summed E-state index contributed by atoms with van der Waals surface area (Å²) in [5, 5.41) is 0. The third kappa shape index (κ3) is 3.13. The van der Waals surface area contributed by atoms with Gasteiger partial charge in [-0.15, -0.1) is 0 Å². The number of hydrogen-bond donors (Lipinski definition) is 1. The predicted molar refractivity (Wildman–Crippen MR) is 58.7 cm³/mol. The van der Waals surface area contributed by atoms with E-state index in [2.05, 4.69) is 23.7 Å². The van der Waals surface area contributed by atoms with E-state index in [1.165, 1.54) is 10.8 Å². The largest absolute Gasteiger partial charge is 0.328 e. The van der Waals surface area contributed by atoms with Gasteiger partial charge in [0.05, 0.1) is 0 Å². The fourth-order valence-electron chi connectivity index (χ4n) is 1.08. The lowest BCUT2D eigenvalue weighted by molar-refractivity contribution is 0.795. The maximum atomic E-state index is 11.3. The minimum absolute atomic E-state index is 0.341. The van der Waals surface area contributed by atoms with Gasteiger partial charge >= 0.3 is 5.69 Å². The Hall–Kier alpha value is -1.76. The van der Waals surface area contributed by atoms with Gasteiger partial charge in [0.15, 0.2) is 0 Å². The molecule has 0 aliphatic carbocycles. The van der Waals surface area contributed by atoms with Crippen LogP contribution in [0.2, 0.25) is 0 Å². The van der Waals surface area contributed by atoms with Gasteiger partial charge in [0, 0.05) is 19.7 Å². The van der Waals surface area contributed by atoms with Crippen LogP contribution in [0.5, 0.6) is 0 Å². The van der Waals surface area contributed by atoms with Gasteiger partial charge in [-0.1, -0.05) is 25.2 Å². The van der Waals surface area contributed by atoms with Crippen LogP contribution in [0.1, 0.15) is 31.7 Å². The van der Waals surface area contributed by atoms with Gasteiger partial charge in [0.25, 0.3) is 5.56 Å². The van der Waals surface area contributed by atoms with E-state index in [1.54, 1.807) is 7.05 Å². The highest BCUT2D eigenvalue weighted by Crippen LogP contribution is 1.91. The van der Waals surface area contributed by atoms with Crippen molar-refractivity contribution in [2.75, 3.05) is 0 Å². The number of aromatic nitrogens is 2. The minimum Gasteiger partial charge on any atom is -0.302 e. The second-order valence-electron chi connectivity index (χ2n) is 3.32. The molecular formula is C11H14N2O2. The predicted octanol–water partition coefficient (Wildman–Crippen LogP) is 0.615. The van der Waals surface area contributed by atoms with Crippen LogP contribution in [0.3, 0.4) is 0 Å². The van der Waals surface area contributed by atoms with Gasteiger partial charge in [0.1, 0.15) is 5.56 Å². The van der Waals surface area contributed by atoms with Gasteiger partial charge in [-0.2, -0.15) is 0 Å². The van der Waals surface area contributed by atoms with Crippen LogP contribution in [-0.4, -0.2) is 9.55 Å². The Morgan fingerprint density at radius 1 is 1.47 bits per heavy atom. The van der Waals surface area contributed by atoms with Gasteiger partial charge in [-0.25, -0.2) is 4.79 Å². The molecule has 0 aliphatic rings. The Kier molecular flexibility index (Phi) is 3.92. The van der Waals surface area contributed by atoms with Crippen molar-refractivity contribution in [3.63, 3.8) is 0 Å². The highest BCUT2D eigenvalue weighted by molar-refractivity contribution is 5.29. The molecule has 0 bridgehead atoms. The number of hydrogen-bond acceptors (Lipinski definition) is 2. The Labute approximate surface area is 88.0 Å². The van der Waals surface area contributed by atoms with E-state index < -0.39 is 11.2 Å². The molecule has 15 heavy (non-hydrogen) atoms. The molecule has 0 unspecified atom stereocenters. The first kappa shape index (κ1) is 11.3. The average Bonchev–Trinajstić information content (AvgIpc) is 2.20. The van der Waals surface area contributed by atoms with E-state index in [1.807, 2.05) is 0 Å². The molecule has 0 atom stereocenters. The summed E-state index contributed by atoms with van der Waals surface area (Å²) in [6.07, 6.45) is 4.34. The number of nitrogens with zero attached hydrogens (tertiary/aromatic N) is 1. The lowest BCUT2D eigenvalue weighted by Gasteiger charge is -1.95. The monoisotopic (exact) mass is 206 g/mol. The van der Waals surface area contributed by atoms with Gasteiger partial charge < -0.3 is 4.57 Å². The molecule has 0 radical (unpaired) electrons. The van der Waals surface area contributed by atoms with Crippen LogP contribution in [-0.2, 0) is 7.05 Å². The van der Waals surface area contributed by atoms with E-state index in [-0.39, 0.29) is 0 Å².